The molecule has 86 valence electrons. The molecule has 0 aliphatic carbocycles. The molecule has 0 spiro atoms. The summed E-state index contributed by atoms with van der Waals surface area (Å²) in [7, 11) is 0. The van der Waals surface area contributed by atoms with Crippen LogP contribution in [0, 0.1) is 11.3 Å². The van der Waals surface area contributed by atoms with Crippen LogP contribution < -0.4 is 0 Å². The topological polar surface area (TPSA) is 36.7 Å². The largest absolute Gasteiger partial charge is 0.240 e. The van der Waals surface area contributed by atoms with E-state index in [-0.39, 0.29) is 0 Å². The van der Waals surface area contributed by atoms with Gasteiger partial charge in [0.15, 0.2) is 0 Å². The lowest BCUT2D eigenvalue weighted by atomic mass is 9.97. The van der Waals surface area contributed by atoms with Gasteiger partial charge in [0.25, 0.3) is 0 Å². The molecule has 1 aromatic heterocycles. The summed E-state index contributed by atoms with van der Waals surface area (Å²) in [5.74, 6) is 0. The third-order valence-corrected chi connectivity index (χ3v) is 3.88. The van der Waals surface area contributed by atoms with Crippen LogP contribution in [-0.4, -0.2) is 4.98 Å². The van der Waals surface area contributed by atoms with E-state index in [2.05, 4.69) is 11.1 Å². The van der Waals surface area contributed by atoms with Crippen molar-refractivity contribution in [2.24, 2.45) is 0 Å². The van der Waals surface area contributed by atoms with E-state index in [1.807, 2.05) is 43.5 Å². The number of hydrogen-bond acceptors (Lipinski definition) is 3. The zero-order valence-electron chi connectivity index (χ0n) is 9.57. The van der Waals surface area contributed by atoms with Crippen LogP contribution in [-0.2, 0) is 5.41 Å². The van der Waals surface area contributed by atoms with Crippen LogP contribution in [0.5, 0.6) is 0 Å². The Morgan fingerprint density at radius 3 is 2.53 bits per heavy atom. The lowest BCUT2D eigenvalue weighted by Crippen LogP contribution is -2.13. The van der Waals surface area contributed by atoms with Crippen molar-refractivity contribution < 1.29 is 0 Å². The molecule has 0 saturated carbocycles. The fraction of sp³-hybridized carbons (Fsp3) is 0.231. The number of aromatic nitrogens is 1. The van der Waals surface area contributed by atoms with Crippen molar-refractivity contribution in [3.63, 3.8) is 0 Å². The number of nitriles is 1. The molecule has 0 N–H and O–H groups in total. The van der Waals surface area contributed by atoms with Gasteiger partial charge < -0.3 is 0 Å². The van der Waals surface area contributed by atoms with Gasteiger partial charge in [0.2, 0.25) is 0 Å². The predicted molar refractivity (Wildman–Crippen MR) is 71.2 cm³/mol. The number of halogens is 1. The predicted octanol–water partition coefficient (Wildman–Crippen LogP) is 4.26. The first-order valence-corrected chi connectivity index (χ1v) is 6.42. The van der Waals surface area contributed by atoms with Gasteiger partial charge in [0.1, 0.15) is 10.4 Å². The summed E-state index contributed by atoms with van der Waals surface area (Å²) in [5, 5.41) is 12.6. The molecule has 0 fully saturated rings. The highest BCUT2D eigenvalue weighted by Crippen LogP contribution is 2.30. The monoisotopic (exact) mass is 262 g/mol. The van der Waals surface area contributed by atoms with Crippen molar-refractivity contribution in [3.05, 3.63) is 39.7 Å². The minimum atomic E-state index is -0.532. The van der Waals surface area contributed by atoms with Gasteiger partial charge in [-0.25, -0.2) is 4.98 Å². The summed E-state index contributed by atoms with van der Waals surface area (Å²) >= 11 is 7.35. The number of thiazole rings is 1. The number of nitrogens with zero attached hydrogens (tertiary/aromatic N) is 2. The van der Waals surface area contributed by atoms with Crippen LogP contribution in [0.1, 0.15) is 18.9 Å². The van der Waals surface area contributed by atoms with Gasteiger partial charge in [-0.05, 0) is 26.0 Å². The van der Waals surface area contributed by atoms with E-state index in [0.29, 0.717) is 5.02 Å². The molecule has 2 rings (SSSR count). The molecule has 2 aromatic rings. The molecule has 0 unspecified atom stereocenters. The van der Waals surface area contributed by atoms with Gasteiger partial charge in [-0.15, -0.1) is 11.3 Å². The average Bonchev–Trinajstić information content (AvgIpc) is 2.80. The molecule has 0 radical (unpaired) electrons. The lowest BCUT2D eigenvalue weighted by molar-refractivity contribution is 0.680. The molecule has 1 aromatic carbocycles. The highest BCUT2D eigenvalue weighted by molar-refractivity contribution is 7.10. The molecular weight excluding hydrogens is 252 g/mol. The summed E-state index contributed by atoms with van der Waals surface area (Å²) < 4.78 is 0. The van der Waals surface area contributed by atoms with Crippen molar-refractivity contribution in [1.82, 2.24) is 4.98 Å². The van der Waals surface area contributed by atoms with Crippen LogP contribution in [0.2, 0.25) is 5.02 Å². The molecule has 2 nitrogen and oxygen atoms in total. The molecule has 0 amide bonds. The van der Waals surface area contributed by atoms with Gasteiger partial charge in [-0.2, -0.15) is 5.26 Å². The van der Waals surface area contributed by atoms with Gasteiger partial charge in [0.05, 0.1) is 11.8 Å². The van der Waals surface area contributed by atoms with E-state index in [0.717, 1.165) is 16.3 Å². The molecule has 17 heavy (non-hydrogen) atoms. The Labute approximate surface area is 110 Å². The summed E-state index contributed by atoms with van der Waals surface area (Å²) in [6.45, 7) is 3.74. The standard InChI is InChI=1S/C13H11ClN2S/c1-13(2,8-15)12-16-11(7-17-12)9-3-5-10(14)6-4-9/h3-7H,1-2H3. The second-order valence-electron chi connectivity index (χ2n) is 4.28. The van der Waals surface area contributed by atoms with Gasteiger partial charge in [0, 0.05) is 16.0 Å². The molecular formula is C13H11ClN2S. The van der Waals surface area contributed by atoms with E-state index in [1.54, 1.807) is 0 Å². The van der Waals surface area contributed by atoms with Gasteiger partial charge in [-0.3, -0.25) is 0 Å². The van der Waals surface area contributed by atoms with Crippen molar-refractivity contribution in [3.8, 4) is 17.3 Å². The van der Waals surface area contributed by atoms with Crippen molar-refractivity contribution in [2.45, 2.75) is 19.3 Å². The summed E-state index contributed by atoms with van der Waals surface area (Å²) in [6, 6.07) is 9.80. The third kappa shape index (κ3) is 2.49. The molecule has 4 heteroatoms. The number of rotatable bonds is 2. The Morgan fingerprint density at radius 2 is 1.94 bits per heavy atom. The van der Waals surface area contributed by atoms with E-state index >= 15 is 0 Å². The quantitative estimate of drug-likeness (QED) is 0.811. The fourth-order valence-electron chi connectivity index (χ4n) is 1.36. The second kappa shape index (κ2) is 4.48. The minimum Gasteiger partial charge on any atom is -0.240 e. The molecule has 0 bridgehead atoms. The van der Waals surface area contributed by atoms with Crippen molar-refractivity contribution >= 4 is 22.9 Å². The Hall–Kier alpha value is -1.37. The molecule has 0 aliphatic rings. The zero-order valence-corrected chi connectivity index (χ0v) is 11.1. The summed E-state index contributed by atoms with van der Waals surface area (Å²) in [6.07, 6.45) is 0. The maximum Gasteiger partial charge on any atom is 0.113 e. The first-order valence-electron chi connectivity index (χ1n) is 5.16. The Balaban J connectivity index is 2.37. The van der Waals surface area contributed by atoms with Crippen molar-refractivity contribution in [1.29, 1.82) is 5.26 Å². The Morgan fingerprint density at radius 1 is 1.29 bits per heavy atom. The normalized spacial score (nSPS) is 11.2. The highest BCUT2D eigenvalue weighted by atomic mass is 35.5. The Kier molecular flexibility index (Phi) is 3.19. The molecule has 0 atom stereocenters. The van der Waals surface area contributed by atoms with E-state index in [4.69, 9.17) is 16.9 Å². The smallest absolute Gasteiger partial charge is 0.113 e. The van der Waals surface area contributed by atoms with Crippen LogP contribution in [0.25, 0.3) is 11.3 Å². The summed E-state index contributed by atoms with van der Waals surface area (Å²) in [5.41, 5.74) is 1.38. The van der Waals surface area contributed by atoms with Gasteiger partial charge >= 0.3 is 0 Å². The first kappa shape index (κ1) is 12.1. The number of benzene rings is 1. The molecule has 1 heterocycles. The Bertz CT molecular complexity index is 564. The fourth-order valence-corrected chi connectivity index (χ4v) is 2.39. The molecule has 0 aliphatic heterocycles. The average molecular weight is 263 g/mol. The van der Waals surface area contributed by atoms with Crippen LogP contribution in [0.15, 0.2) is 29.6 Å². The van der Waals surface area contributed by atoms with Gasteiger partial charge in [-0.1, -0.05) is 23.7 Å². The first-order chi connectivity index (χ1) is 8.03. The lowest BCUT2D eigenvalue weighted by Gasteiger charge is -2.09. The third-order valence-electron chi connectivity index (χ3n) is 2.46. The molecule has 0 saturated heterocycles. The van der Waals surface area contributed by atoms with E-state index in [9.17, 15) is 0 Å². The SMILES string of the molecule is CC(C)(C#N)c1nc(-c2ccc(Cl)cc2)cs1. The number of hydrogen-bond donors (Lipinski definition) is 0. The van der Waals surface area contributed by atoms with E-state index in [1.165, 1.54) is 11.3 Å². The highest BCUT2D eigenvalue weighted by Gasteiger charge is 2.23. The maximum atomic E-state index is 9.06. The summed E-state index contributed by atoms with van der Waals surface area (Å²) in [4.78, 5) is 4.51. The second-order valence-corrected chi connectivity index (χ2v) is 5.58. The van der Waals surface area contributed by atoms with Crippen LogP contribution in [0.4, 0.5) is 0 Å². The van der Waals surface area contributed by atoms with Crippen LogP contribution >= 0.6 is 22.9 Å². The van der Waals surface area contributed by atoms with E-state index < -0.39 is 5.41 Å². The van der Waals surface area contributed by atoms with Crippen molar-refractivity contribution in [2.75, 3.05) is 0 Å². The maximum absolute atomic E-state index is 9.06. The van der Waals surface area contributed by atoms with Crippen LogP contribution in [0.3, 0.4) is 0 Å². The zero-order chi connectivity index (χ0) is 12.5. The minimum absolute atomic E-state index is 0.532.